The van der Waals surface area contributed by atoms with Gasteiger partial charge in [-0.1, -0.05) is 86.0 Å². The molecule has 1 aliphatic rings. The van der Waals surface area contributed by atoms with Gasteiger partial charge in [0.15, 0.2) is 0 Å². The highest BCUT2D eigenvalue weighted by Gasteiger charge is 2.35. The summed E-state index contributed by atoms with van der Waals surface area (Å²) in [7, 11) is -4.25. The third-order valence-electron chi connectivity index (χ3n) is 8.57. The Bertz CT molecular complexity index is 1750. The van der Waals surface area contributed by atoms with Crippen molar-refractivity contribution in [1.29, 1.82) is 0 Å². The van der Waals surface area contributed by atoms with Crippen LogP contribution in [0.15, 0.2) is 114 Å². The zero-order valence-corrected chi connectivity index (χ0v) is 27.9. The van der Waals surface area contributed by atoms with E-state index < -0.39 is 34.3 Å². The van der Waals surface area contributed by atoms with Crippen LogP contribution in [0.5, 0.6) is 5.75 Å². The molecule has 0 aromatic heterocycles. The molecule has 2 amide bonds. The molecule has 1 fully saturated rings. The lowest BCUT2D eigenvalue weighted by Gasteiger charge is -2.35. The third-order valence-corrected chi connectivity index (χ3v) is 10.4. The highest BCUT2D eigenvalue weighted by molar-refractivity contribution is 7.92. The molecule has 4 aromatic carbocycles. The molecule has 0 radical (unpaired) electrons. The van der Waals surface area contributed by atoms with Crippen LogP contribution in [0.4, 0.5) is 10.1 Å². The molecule has 0 unspecified atom stereocenters. The van der Waals surface area contributed by atoms with E-state index >= 15 is 4.39 Å². The van der Waals surface area contributed by atoms with Gasteiger partial charge < -0.3 is 15.0 Å². The Hall–Kier alpha value is -4.70. The molecule has 0 bridgehead atoms. The van der Waals surface area contributed by atoms with Crippen molar-refractivity contribution in [1.82, 2.24) is 10.2 Å². The molecule has 1 saturated carbocycles. The lowest BCUT2D eigenvalue weighted by Crippen LogP contribution is -2.55. The molecule has 252 valence electrons. The van der Waals surface area contributed by atoms with Crippen molar-refractivity contribution < 1.29 is 27.1 Å². The number of carbonyl (C=O) groups is 2. The summed E-state index contributed by atoms with van der Waals surface area (Å²) in [5.41, 5.74) is 1.27. The molecule has 0 spiro atoms. The van der Waals surface area contributed by atoms with Crippen LogP contribution in [-0.4, -0.2) is 50.4 Å². The summed E-state index contributed by atoms with van der Waals surface area (Å²) in [6, 6.07) is 28.7. The number of nitrogens with zero attached hydrogens (tertiary/aromatic N) is 2. The van der Waals surface area contributed by atoms with E-state index in [1.54, 1.807) is 60.7 Å². The molecule has 8 nitrogen and oxygen atoms in total. The number of nitrogens with one attached hydrogen (secondary N) is 1. The number of hydrogen-bond acceptors (Lipinski definition) is 5. The minimum atomic E-state index is -4.25. The second-order valence-electron chi connectivity index (χ2n) is 11.9. The summed E-state index contributed by atoms with van der Waals surface area (Å²) in [5.74, 6) is -0.977. The van der Waals surface area contributed by atoms with Gasteiger partial charge in [0, 0.05) is 24.6 Å². The van der Waals surface area contributed by atoms with Crippen LogP contribution in [0, 0.1) is 5.82 Å². The van der Waals surface area contributed by atoms with Crippen LogP contribution in [0.1, 0.15) is 50.2 Å². The topological polar surface area (TPSA) is 96.0 Å². The molecule has 1 N–H and O–H groups in total. The first-order valence-electron chi connectivity index (χ1n) is 16.4. The van der Waals surface area contributed by atoms with Gasteiger partial charge in [-0.2, -0.15) is 0 Å². The lowest BCUT2D eigenvalue weighted by molar-refractivity contribution is -0.140. The summed E-state index contributed by atoms with van der Waals surface area (Å²) >= 11 is 0. The molecular formula is C38H42FN3O5S. The quantitative estimate of drug-likeness (QED) is 0.165. The van der Waals surface area contributed by atoms with Crippen molar-refractivity contribution in [2.45, 2.75) is 69.0 Å². The fraction of sp³-hybridized carbons (Fsp3) is 0.316. The number of halogens is 1. The Morgan fingerprint density at radius 2 is 1.48 bits per heavy atom. The van der Waals surface area contributed by atoms with Crippen LogP contribution in [0.2, 0.25) is 0 Å². The number of hydrogen-bond donors (Lipinski definition) is 1. The number of ether oxygens (including phenoxy) is 1. The van der Waals surface area contributed by atoms with E-state index in [9.17, 15) is 18.0 Å². The molecule has 4 aromatic rings. The average molecular weight is 672 g/mol. The second kappa shape index (κ2) is 16.4. The highest BCUT2D eigenvalue weighted by Crippen LogP contribution is 2.27. The molecule has 10 heteroatoms. The van der Waals surface area contributed by atoms with Gasteiger partial charge in [0.05, 0.1) is 17.2 Å². The fourth-order valence-electron chi connectivity index (χ4n) is 6.03. The predicted octanol–water partition coefficient (Wildman–Crippen LogP) is 6.51. The van der Waals surface area contributed by atoms with E-state index in [-0.39, 0.29) is 41.1 Å². The number of amides is 2. The zero-order chi connectivity index (χ0) is 33.9. The summed E-state index contributed by atoms with van der Waals surface area (Å²) in [5, 5.41) is 3.16. The maximum Gasteiger partial charge on any atom is 0.264 e. The van der Waals surface area contributed by atoms with Gasteiger partial charge in [-0.3, -0.25) is 13.9 Å². The van der Waals surface area contributed by atoms with Gasteiger partial charge in [0.1, 0.15) is 24.2 Å². The first-order valence-corrected chi connectivity index (χ1v) is 17.9. The first kappa shape index (κ1) is 34.6. The Morgan fingerprint density at radius 3 is 2.12 bits per heavy atom. The summed E-state index contributed by atoms with van der Waals surface area (Å²) in [6.07, 6.45) is 4.95. The van der Waals surface area contributed by atoms with E-state index in [4.69, 9.17) is 4.74 Å². The van der Waals surface area contributed by atoms with Crippen LogP contribution in [-0.2, 0) is 32.6 Å². The number of sulfonamides is 1. The summed E-state index contributed by atoms with van der Waals surface area (Å²) in [4.78, 5) is 30.1. The van der Waals surface area contributed by atoms with Gasteiger partial charge in [-0.05, 0) is 67.8 Å². The smallest absolute Gasteiger partial charge is 0.264 e. The van der Waals surface area contributed by atoms with E-state index in [2.05, 4.69) is 5.32 Å². The SMILES string of the molecule is CCOc1ccc(N(CC(=O)N(Cc2ccccc2F)[C@H](Cc2ccccc2)C(=O)NC2CCCCC2)S(=O)(=O)c2ccccc2)cc1. The summed E-state index contributed by atoms with van der Waals surface area (Å²) < 4.78 is 50.1. The van der Waals surface area contributed by atoms with Gasteiger partial charge in [0.2, 0.25) is 11.8 Å². The molecule has 1 aliphatic carbocycles. The predicted molar refractivity (Wildman–Crippen MR) is 184 cm³/mol. The average Bonchev–Trinajstić information content (AvgIpc) is 3.11. The zero-order valence-electron chi connectivity index (χ0n) is 27.1. The maximum absolute atomic E-state index is 15.2. The van der Waals surface area contributed by atoms with E-state index in [1.807, 2.05) is 37.3 Å². The van der Waals surface area contributed by atoms with Gasteiger partial charge in [-0.25, -0.2) is 12.8 Å². The van der Waals surface area contributed by atoms with Crippen molar-refractivity contribution in [2.75, 3.05) is 17.5 Å². The molecule has 5 rings (SSSR count). The minimum Gasteiger partial charge on any atom is -0.494 e. The van der Waals surface area contributed by atoms with E-state index in [1.165, 1.54) is 23.1 Å². The standard InChI is InChI=1S/C38H42FN3O5S/c1-2-47-33-24-22-32(23-25-33)42(48(45,46)34-19-10-5-11-20-34)28-37(43)41(27-30-16-12-13-21-35(30)39)36(26-29-14-6-3-7-15-29)38(44)40-31-17-8-4-9-18-31/h3,5-7,10-16,19-25,31,36H,2,4,8-9,17-18,26-28H2,1H3,(H,40,44)/t36-/m1/s1. The molecule has 1 atom stereocenters. The fourth-order valence-corrected chi connectivity index (χ4v) is 7.47. The number of carbonyl (C=O) groups excluding carboxylic acids is 2. The van der Waals surface area contributed by atoms with Crippen LogP contribution >= 0.6 is 0 Å². The highest BCUT2D eigenvalue weighted by atomic mass is 32.2. The molecule has 0 aliphatic heterocycles. The van der Waals surface area contributed by atoms with Gasteiger partial charge in [-0.15, -0.1) is 0 Å². The first-order chi connectivity index (χ1) is 23.3. The Balaban J connectivity index is 1.56. The number of anilines is 1. The van der Waals surface area contributed by atoms with Crippen molar-refractivity contribution in [3.05, 3.63) is 126 Å². The summed E-state index contributed by atoms with van der Waals surface area (Å²) in [6.45, 7) is 1.42. The van der Waals surface area contributed by atoms with Gasteiger partial charge in [0.25, 0.3) is 10.0 Å². The van der Waals surface area contributed by atoms with Crippen molar-refractivity contribution in [3.8, 4) is 5.75 Å². The van der Waals surface area contributed by atoms with E-state index in [0.29, 0.717) is 12.4 Å². The second-order valence-corrected chi connectivity index (χ2v) is 13.8. The monoisotopic (exact) mass is 671 g/mol. The number of benzene rings is 4. The van der Waals surface area contributed by atoms with Crippen LogP contribution < -0.4 is 14.4 Å². The molecule has 0 saturated heterocycles. The Kier molecular flexibility index (Phi) is 11.8. The Labute approximate surface area is 282 Å². The molecular weight excluding hydrogens is 629 g/mol. The normalized spacial score (nSPS) is 14.1. The van der Waals surface area contributed by atoms with Crippen molar-refractivity contribution >= 4 is 27.5 Å². The van der Waals surface area contributed by atoms with Crippen LogP contribution in [0.25, 0.3) is 0 Å². The maximum atomic E-state index is 15.2. The van der Waals surface area contributed by atoms with Crippen molar-refractivity contribution in [2.24, 2.45) is 0 Å². The van der Waals surface area contributed by atoms with Crippen LogP contribution in [0.3, 0.4) is 0 Å². The Morgan fingerprint density at radius 1 is 0.854 bits per heavy atom. The number of rotatable bonds is 14. The largest absolute Gasteiger partial charge is 0.494 e. The van der Waals surface area contributed by atoms with Gasteiger partial charge >= 0.3 is 0 Å². The van der Waals surface area contributed by atoms with Crippen molar-refractivity contribution in [3.63, 3.8) is 0 Å². The third kappa shape index (κ3) is 8.80. The molecule has 48 heavy (non-hydrogen) atoms. The van der Waals surface area contributed by atoms with E-state index in [0.717, 1.165) is 42.0 Å². The molecule has 0 heterocycles. The minimum absolute atomic E-state index is 0.00298. The lowest BCUT2D eigenvalue weighted by atomic mass is 9.94.